The average molecular weight is 272 g/mol. The first kappa shape index (κ1) is 18.4. The Balaban J connectivity index is 3.16. The van der Waals surface area contributed by atoms with Gasteiger partial charge in [0.1, 0.15) is 6.10 Å². The van der Waals surface area contributed by atoms with Crippen LogP contribution in [-0.2, 0) is 9.53 Å². The molecular formula is C16H32O3. The van der Waals surface area contributed by atoms with E-state index in [4.69, 9.17) is 9.84 Å². The number of hydrogen-bond acceptors (Lipinski definition) is 3. The summed E-state index contributed by atoms with van der Waals surface area (Å²) in [4.78, 5) is 11.3. The van der Waals surface area contributed by atoms with Gasteiger partial charge in [-0.1, -0.05) is 64.7 Å². The van der Waals surface area contributed by atoms with Crippen LogP contribution < -0.4 is 0 Å². The summed E-state index contributed by atoms with van der Waals surface area (Å²) in [7, 11) is 0. The Morgan fingerprint density at radius 3 is 1.89 bits per heavy atom. The van der Waals surface area contributed by atoms with Gasteiger partial charge in [-0.25, -0.2) is 0 Å². The van der Waals surface area contributed by atoms with Crippen LogP contribution in [0.5, 0.6) is 0 Å². The molecule has 3 heteroatoms. The van der Waals surface area contributed by atoms with E-state index in [9.17, 15) is 4.79 Å². The number of rotatable bonds is 13. The lowest BCUT2D eigenvalue weighted by atomic mass is 10.1. The summed E-state index contributed by atoms with van der Waals surface area (Å²) in [6.07, 6.45) is 12.8. The van der Waals surface area contributed by atoms with Crippen molar-refractivity contribution in [3.63, 3.8) is 0 Å². The van der Waals surface area contributed by atoms with Crippen LogP contribution in [-0.4, -0.2) is 23.8 Å². The van der Waals surface area contributed by atoms with Crippen LogP contribution in [0.4, 0.5) is 0 Å². The highest BCUT2D eigenvalue weighted by Crippen LogP contribution is 2.11. The van der Waals surface area contributed by atoms with Crippen molar-refractivity contribution in [1.29, 1.82) is 0 Å². The highest BCUT2D eigenvalue weighted by atomic mass is 16.5. The summed E-state index contributed by atoms with van der Waals surface area (Å²) < 4.78 is 4.99. The van der Waals surface area contributed by atoms with Gasteiger partial charge in [0.05, 0.1) is 6.61 Å². The van der Waals surface area contributed by atoms with Crippen molar-refractivity contribution in [2.45, 2.75) is 90.6 Å². The van der Waals surface area contributed by atoms with Crippen LogP contribution in [0, 0.1) is 0 Å². The molecule has 3 nitrogen and oxygen atoms in total. The van der Waals surface area contributed by atoms with E-state index in [0.29, 0.717) is 6.42 Å². The van der Waals surface area contributed by atoms with Gasteiger partial charge < -0.3 is 9.84 Å². The minimum atomic E-state index is -0.365. The Labute approximate surface area is 118 Å². The molecule has 0 aliphatic rings. The van der Waals surface area contributed by atoms with Crippen molar-refractivity contribution < 1.29 is 14.6 Å². The molecule has 114 valence electrons. The van der Waals surface area contributed by atoms with Crippen molar-refractivity contribution in [2.75, 3.05) is 6.61 Å². The zero-order valence-corrected chi connectivity index (χ0v) is 12.8. The third kappa shape index (κ3) is 13.7. The van der Waals surface area contributed by atoms with Crippen molar-refractivity contribution in [3.8, 4) is 0 Å². The van der Waals surface area contributed by atoms with Crippen LogP contribution >= 0.6 is 0 Å². The van der Waals surface area contributed by atoms with E-state index in [2.05, 4.69) is 6.92 Å². The van der Waals surface area contributed by atoms with Gasteiger partial charge in [0.15, 0.2) is 0 Å². The summed E-state index contributed by atoms with van der Waals surface area (Å²) in [5.74, 6) is -0.180. The molecule has 0 spiro atoms. The smallest absolute Gasteiger partial charge is 0.306 e. The molecule has 0 radical (unpaired) electrons. The maximum Gasteiger partial charge on any atom is 0.306 e. The standard InChI is InChI=1S/C16H32O3/c1-3-4-5-6-7-8-9-10-11-12-13-16(18)19-15(2)14-17/h15,17H,3-14H2,1-2H3. The molecule has 19 heavy (non-hydrogen) atoms. The average Bonchev–Trinajstić information content (AvgIpc) is 2.40. The first-order chi connectivity index (χ1) is 9.20. The molecule has 0 aliphatic carbocycles. The van der Waals surface area contributed by atoms with Crippen LogP contribution in [0.25, 0.3) is 0 Å². The Kier molecular flexibility index (Phi) is 13.4. The van der Waals surface area contributed by atoms with Gasteiger partial charge in [-0.3, -0.25) is 4.79 Å². The number of carbonyl (C=O) groups excluding carboxylic acids is 1. The first-order valence-electron chi connectivity index (χ1n) is 8.01. The van der Waals surface area contributed by atoms with Crippen molar-refractivity contribution >= 4 is 5.97 Å². The second kappa shape index (κ2) is 13.9. The number of esters is 1. The second-order valence-electron chi connectivity index (χ2n) is 5.42. The molecule has 0 fully saturated rings. The van der Waals surface area contributed by atoms with Gasteiger partial charge in [0.2, 0.25) is 0 Å². The van der Waals surface area contributed by atoms with Crippen LogP contribution in [0.15, 0.2) is 0 Å². The second-order valence-corrected chi connectivity index (χ2v) is 5.42. The monoisotopic (exact) mass is 272 g/mol. The number of aliphatic hydroxyl groups is 1. The van der Waals surface area contributed by atoms with Gasteiger partial charge in [0, 0.05) is 6.42 Å². The quantitative estimate of drug-likeness (QED) is 0.403. The van der Waals surface area contributed by atoms with E-state index in [1.54, 1.807) is 6.92 Å². The predicted molar refractivity (Wildman–Crippen MR) is 79.1 cm³/mol. The zero-order chi connectivity index (χ0) is 14.3. The number of hydrogen-bond donors (Lipinski definition) is 1. The lowest BCUT2D eigenvalue weighted by molar-refractivity contribution is -0.150. The Bertz CT molecular complexity index is 204. The number of aliphatic hydroxyl groups excluding tert-OH is 1. The van der Waals surface area contributed by atoms with Gasteiger partial charge in [0.25, 0.3) is 0 Å². The lowest BCUT2D eigenvalue weighted by Gasteiger charge is -2.09. The van der Waals surface area contributed by atoms with Crippen LogP contribution in [0.3, 0.4) is 0 Å². The summed E-state index contributed by atoms with van der Waals surface area (Å²) in [5, 5.41) is 8.75. The molecule has 0 amide bonds. The SMILES string of the molecule is CCCCCCCCCCCCC(=O)OC(C)CO. The number of ether oxygens (including phenoxy) is 1. The van der Waals surface area contributed by atoms with Crippen LogP contribution in [0.2, 0.25) is 0 Å². The van der Waals surface area contributed by atoms with E-state index in [1.165, 1.54) is 51.4 Å². The van der Waals surface area contributed by atoms with Gasteiger partial charge in [-0.05, 0) is 13.3 Å². The van der Waals surface area contributed by atoms with Gasteiger partial charge in [-0.15, -0.1) is 0 Å². The lowest BCUT2D eigenvalue weighted by Crippen LogP contribution is -2.18. The van der Waals surface area contributed by atoms with Crippen molar-refractivity contribution in [2.24, 2.45) is 0 Å². The summed E-state index contributed by atoms with van der Waals surface area (Å²) in [6, 6.07) is 0. The van der Waals surface area contributed by atoms with Crippen molar-refractivity contribution in [1.82, 2.24) is 0 Å². The Morgan fingerprint density at radius 2 is 1.42 bits per heavy atom. The van der Waals surface area contributed by atoms with E-state index in [0.717, 1.165) is 12.8 Å². The van der Waals surface area contributed by atoms with E-state index >= 15 is 0 Å². The summed E-state index contributed by atoms with van der Waals surface area (Å²) in [6.45, 7) is 3.85. The zero-order valence-electron chi connectivity index (χ0n) is 12.8. The molecule has 0 aromatic carbocycles. The first-order valence-corrected chi connectivity index (χ1v) is 8.01. The highest BCUT2D eigenvalue weighted by Gasteiger charge is 2.07. The maximum atomic E-state index is 11.3. The molecular weight excluding hydrogens is 240 g/mol. The molecule has 1 atom stereocenters. The normalized spacial score (nSPS) is 12.4. The maximum absolute atomic E-state index is 11.3. The van der Waals surface area contributed by atoms with Crippen LogP contribution in [0.1, 0.15) is 84.5 Å². The summed E-state index contributed by atoms with van der Waals surface area (Å²) in [5.41, 5.74) is 0. The largest absolute Gasteiger partial charge is 0.460 e. The fourth-order valence-corrected chi connectivity index (χ4v) is 2.08. The summed E-state index contributed by atoms with van der Waals surface area (Å²) >= 11 is 0. The van der Waals surface area contributed by atoms with Crippen molar-refractivity contribution in [3.05, 3.63) is 0 Å². The number of unbranched alkanes of at least 4 members (excludes halogenated alkanes) is 9. The van der Waals surface area contributed by atoms with E-state index in [-0.39, 0.29) is 18.7 Å². The Hall–Kier alpha value is -0.570. The van der Waals surface area contributed by atoms with E-state index < -0.39 is 0 Å². The predicted octanol–water partition coefficient (Wildman–Crippen LogP) is 4.22. The minimum absolute atomic E-state index is 0.0935. The molecule has 1 N–H and O–H groups in total. The van der Waals surface area contributed by atoms with E-state index in [1.807, 2.05) is 0 Å². The van der Waals surface area contributed by atoms with Gasteiger partial charge in [-0.2, -0.15) is 0 Å². The van der Waals surface area contributed by atoms with Gasteiger partial charge >= 0.3 is 5.97 Å². The topological polar surface area (TPSA) is 46.5 Å². The third-order valence-electron chi connectivity index (χ3n) is 3.32. The molecule has 0 aromatic rings. The molecule has 0 heterocycles. The third-order valence-corrected chi connectivity index (χ3v) is 3.32. The molecule has 1 unspecified atom stereocenters. The molecule has 0 aliphatic heterocycles. The number of carbonyl (C=O) groups is 1. The fraction of sp³-hybridized carbons (Fsp3) is 0.938. The minimum Gasteiger partial charge on any atom is -0.460 e. The Morgan fingerprint density at radius 1 is 0.947 bits per heavy atom. The molecule has 0 aromatic heterocycles. The molecule has 0 saturated heterocycles. The highest BCUT2D eigenvalue weighted by molar-refractivity contribution is 5.69. The fourth-order valence-electron chi connectivity index (χ4n) is 2.08. The molecule has 0 saturated carbocycles. The molecule has 0 rings (SSSR count). The molecule has 0 bridgehead atoms.